The van der Waals surface area contributed by atoms with Crippen molar-refractivity contribution < 1.29 is 14.0 Å². The lowest BCUT2D eigenvalue weighted by Gasteiger charge is -2.25. The van der Waals surface area contributed by atoms with Crippen molar-refractivity contribution in [2.45, 2.75) is 38.1 Å². The maximum absolute atomic E-state index is 12.9. The van der Waals surface area contributed by atoms with Gasteiger partial charge < -0.3 is 10.2 Å². The molecular formula is C19H26FN3O2. The summed E-state index contributed by atoms with van der Waals surface area (Å²) < 4.78 is 12.9. The van der Waals surface area contributed by atoms with E-state index < -0.39 is 0 Å². The van der Waals surface area contributed by atoms with E-state index in [1.54, 1.807) is 0 Å². The molecule has 0 saturated carbocycles. The van der Waals surface area contributed by atoms with Gasteiger partial charge in [-0.05, 0) is 56.5 Å². The predicted octanol–water partition coefficient (Wildman–Crippen LogP) is 2.03. The molecule has 1 atom stereocenters. The van der Waals surface area contributed by atoms with Gasteiger partial charge in [0.15, 0.2) is 0 Å². The molecule has 2 heterocycles. The minimum absolute atomic E-state index is 0.185. The second kappa shape index (κ2) is 8.43. The van der Waals surface area contributed by atoms with E-state index in [2.05, 4.69) is 10.2 Å². The molecule has 6 heteroatoms. The normalized spacial score (nSPS) is 20.8. The molecule has 136 valence electrons. The maximum atomic E-state index is 12.9. The molecule has 0 aromatic heterocycles. The average molecular weight is 347 g/mol. The molecule has 2 aliphatic rings. The highest BCUT2D eigenvalue weighted by Crippen LogP contribution is 2.21. The molecule has 2 saturated heterocycles. The standard InChI is InChI=1S/C19H26FN3O2/c20-16-8-6-15(7-9-16)19(25)21-10-1-5-18(24)23-13-3-12-22-11-2-4-17(22)14-23/h6-9,17H,1-5,10-14H2,(H,21,25). The monoisotopic (exact) mass is 347 g/mol. The van der Waals surface area contributed by atoms with Crippen LogP contribution < -0.4 is 5.32 Å². The number of carbonyl (C=O) groups excluding carboxylic acids is 2. The van der Waals surface area contributed by atoms with Crippen LogP contribution in [0.1, 0.15) is 42.5 Å². The second-order valence-electron chi connectivity index (χ2n) is 6.89. The average Bonchev–Trinajstić information content (AvgIpc) is 2.95. The van der Waals surface area contributed by atoms with Crippen molar-refractivity contribution >= 4 is 11.8 Å². The van der Waals surface area contributed by atoms with Crippen LogP contribution in [0, 0.1) is 5.82 Å². The number of fused-ring (bicyclic) bond motifs is 1. The summed E-state index contributed by atoms with van der Waals surface area (Å²) in [7, 11) is 0. The van der Waals surface area contributed by atoms with Gasteiger partial charge in [0, 0.05) is 44.2 Å². The van der Waals surface area contributed by atoms with Crippen molar-refractivity contribution in [2.24, 2.45) is 0 Å². The number of amides is 2. The fourth-order valence-electron chi connectivity index (χ4n) is 3.74. The Morgan fingerprint density at radius 1 is 1.12 bits per heavy atom. The summed E-state index contributed by atoms with van der Waals surface area (Å²) in [5, 5.41) is 2.79. The molecule has 0 radical (unpaired) electrons. The lowest BCUT2D eigenvalue weighted by molar-refractivity contribution is -0.131. The van der Waals surface area contributed by atoms with Gasteiger partial charge in [-0.1, -0.05) is 0 Å². The van der Waals surface area contributed by atoms with Gasteiger partial charge in [0.2, 0.25) is 5.91 Å². The number of halogens is 1. The molecule has 1 unspecified atom stereocenters. The SMILES string of the molecule is O=C(NCCCC(=O)N1CCCN2CCCC2C1)c1ccc(F)cc1. The Hall–Kier alpha value is -1.95. The summed E-state index contributed by atoms with van der Waals surface area (Å²) >= 11 is 0. The fraction of sp³-hybridized carbons (Fsp3) is 0.579. The second-order valence-corrected chi connectivity index (χ2v) is 6.89. The molecule has 2 aliphatic heterocycles. The summed E-state index contributed by atoms with van der Waals surface area (Å²) in [4.78, 5) is 28.9. The molecule has 0 aliphatic carbocycles. The molecule has 1 aromatic rings. The molecule has 1 aromatic carbocycles. The first-order chi connectivity index (χ1) is 12.1. The van der Waals surface area contributed by atoms with Crippen LogP contribution in [0.2, 0.25) is 0 Å². The molecule has 25 heavy (non-hydrogen) atoms. The zero-order chi connectivity index (χ0) is 17.6. The molecular weight excluding hydrogens is 321 g/mol. The van der Waals surface area contributed by atoms with Gasteiger partial charge in [-0.2, -0.15) is 0 Å². The first kappa shape index (κ1) is 17.9. The maximum Gasteiger partial charge on any atom is 0.251 e. The van der Waals surface area contributed by atoms with Gasteiger partial charge in [0.1, 0.15) is 5.82 Å². The van der Waals surface area contributed by atoms with Crippen LogP contribution in [0.5, 0.6) is 0 Å². The van der Waals surface area contributed by atoms with Gasteiger partial charge in [-0.3, -0.25) is 14.5 Å². The summed E-state index contributed by atoms with van der Waals surface area (Å²) in [5.41, 5.74) is 0.432. The quantitative estimate of drug-likeness (QED) is 0.830. The Kier molecular flexibility index (Phi) is 6.02. The van der Waals surface area contributed by atoms with Crippen molar-refractivity contribution in [2.75, 3.05) is 32.7 Å². The highest BCUT2D eigenvalue weighted by atomic mass is 19.1. The number of benzene rings is 1. The highest BCUT2D eigenvalue weighted by Gasteiger charge is 2.30. The summed E-state index contributed by atoms with van der Waals surface area (Å²) in [5.74, 6) is -0.408. The smallest absolute Gasteiger partial charge is 0.251 e. The lowest BCUT2D eigenvalue weighted by atomic mass is 10.2. The van der Waals surface area contributed by atoms with Crippen molar-refractivity contribution in [1.82, 2.24) is 15.1 Å². The van der Waals surface area contributed by atoms with Crippen LogP contribution in [-0.2, 0) is 4.79 Å². The van der Waals surface area contributed by atoms with Crippen LogP contribution in [0.4, 0.5) is 4.39 Å². The third kappa shape index (κ3) is 4.78. The Bertz CT molecular complexity index is 605. The predicted molar refractivity (Wildman–Crippen MR) is 93.8 cm³/mol. The van der Waals surface area contributed by atoms with Crippen LogP contribution in [0.15, 0.2) is 24.3 Å². The van der Waals surface area contributed by atoms with Crippen molar-refractivity contribution in [3.8, 4) is 0 Å². The first-order valence-corrected chi connectivity index (χ1v) is 9.19. The number of rotatable bonds is 5. The van der Waals surface area contributed by atoms with Crippen LogP contribution in [0.3, 0.4) is 0 Å². The van der Waals surface area contributed by atoms with E-state index in [1.165, 1.54) is 43.7 Å². The number of hydrogen-bond acceptors (Lipinski definition) is 3. The van der Waals surface area contributed by atoms with E-state index in [1.807, 2.05) is 4.90 Å². The van der Waals surface area contributed by atoms with E-state index in [-0.39, 0.29) is 17.6 Å². The zero-order valence-corrected chi connectivity index (χ0v) is 14.5. The van der Waals surface area contributed by atoms with E-state index in [9.17, 15) is 14.0 Å². The van der Waals surface area contributed by atoms with Gasteiger partial charge in [0.05, 0.1) is 0 Å². The summed E-state index contributed by atoms with van der Waals surface area (Å²) in [6.45, 7) is 4.41. The third-order valence-electron chi connectivity index (χ3n) is 5.12. The Labute approximate surface area is 148 Å². The largest absolute Gasteiger partial charge is 0.352 e. The van der Waals surface area contributed by atoms with Crippen LogP contribution in [0.25, 0.3) is 0 Å². The highest BCUT2D eigenvalue weighted by molar-refractivity contribution is 5.94. The number of nitrogens with zero attached hydrogens (tertiary/aromatic N) is 2. The minimum Gasteiger partial charge on any atom is -0.352 e. The van der Waals surface area contributed by atoms with E-state index in [4.69, 9.17) is 0 Å². The third-order valence-corrected chi connectivity index (χ3v) is 5.12. The van der Waals surface area contributed by atoms with E-state index >= 15 is 0 Å². The lowest BCUT2D eigenvalue weighted by Crippen LogP contribution is -2.39. The van der Waals surface area contributed by atoms with Crippen molar-refractivity contribution in [3.05, 3.63) is 35.6 Å². The topological polar surface area (TPSA) is 52.7 Å². The molecule has 0 spiro atoms. The van der Waals surface area contributed by atoms with Gasteiger partial charge in [-0.25, -0.2) is 4.39 Å². The molecule has 2 amide bonds. The Morgan fingerprint density at radius 3 is 2.68 bits per heavy atom. The Morgan fingerprint density at radius 2 is 1.88 bits per heavy atom. The van der Waals surface area contributed by atoms with Gasteiger partial charge >= 0.3 is 0 Å². The molecule has 5 nitrogen and oxygen atoms in total. The van der Waals surface area contributed by atoms with E-state index in [0.717, 1.165) is 26.1 Å². The Balaban J connectivity index is 1.38. The van der Waals surface area contributed by atoms with E-state index in [0.29, 0.717) is 31.0 Å². The molecule has 2 fully saturated rings. The molecule has 0 bridgehead atoms. The van der Waals surface area contributed by atoms with Crippen LogP contribution >= 0.6 is 0 Å². The zero-order valence-electron chi connectivity index (χ0n) is 14.5. The van der Waals surface area contributed by atoms with Crippen LogP contribution in [-0.4, -0.2) is 60.4 Å². The molecule has 3 rings (SSSR count). The number of carbonyl (C=O) groups is 2. The van der Waals surface area contributed by atoms with Crippen molar-refractivity contribution in [3.63, 3.8) is 0 Å². The summed E-state index contributed by atoms with van der Waals surface area (Å²) in [6, 6.07) is 5.99. The van der Waals surface area contributed by atoms with Crippen molar-refractivity contribution in [1.29, 1.82) is 0 Å². The summed E-state index contributed by atoms with van der Waals surface area (Å²) in [6.07, 6.45) is 4.55. The van der Waals surface area contributed by atoms with Gasteiger partial charge in [-0.15, -0.1) is 0 Å². The number of hydrogen-bond donors (Lipinski definition) is 1. The first-order valence-electron chi connectivity index (χ1n) is 9.19. The minimum atomic E-state index is -0.361. The fourth-order valence-corrected chi connectivity index (χ4v) is 3.74. The van der Waals surface area contributed by atoms with Gasteiger partial charge in [0.25, 0.3) is 5.91 Å². The number of nitrogens with one attached hydrogen (secondary N) is 1. The molecule has 1 N–H and O–H groups in total.